The number of ether oxygens (including phenoxy) is 1. The van der Waals surface area contributed by atoms with Crippen molar-refractivity contribution in [3.05, 3.63) is 11.6 Å². The molecule has 0 unspecified atom stereocenters. The first kappa shape index (κ1) is 17.9. The highest BCUT2D eigenvalue weighted by Gasteiger charge is 2.13. The molecule has 21 heavy (non-hydrogen) atoms. The maximum atomic E-state index is 11.5. The number of rotatable bonds is 12. The molecular weight excluding hydrogens is 264 g/mol. The first-order valence-corrected chi connectivity index (χ1v) is 8.62. The van der Waals surface area contributed by atoms with Crippen LogP contribution in [0.1, 0.15) is 84.0 Å². The Bertz CT molecular complexity index is 344. The zero-order valence-corrected chi connectivity index (χ0v) is 13.5. The van der Waals surface area contributed by atoms with Crippen molar-refractivity contribution >= 4 is 11.8 Å². The van der Waals surface area contributed by atoms with Gasteiger partial charge in [-0.2, -0.15) is 0 Å². The van der Waals surface area contributed by atoms with Crippen LogP contribution in [0.3, 0.4) is 0 Å². The lowest BCUT2D eigenvalue weighted by Gasteiger charge is -2.05. The van der Waals surface area contributed by atoms with E-state index in [1.165, 1.54) is 12.8 Å². The minimum atomic E-state index is -0.0554. The minimum Gasteiger partial charge on any atom is -0.466 e. The SMILES string of the molecule is CCCCCCOC(=O)CCCCCCC1=CCCC1=O. The first-order chi connectivity index (χ1) is 10.2. The molecule has 3 nitrogen and oxygen atoms in total. The van der Waals surface area contributed by atoms with Crippen molar-refractivity contribution in [3.8, 4) is 0 Å². The van der Waals surface area contributed by atoms with Gasteiger partial charge in [0.2, 0.25) is 0 Å². The molecule has 0 aromatic rings. The van der Waals surface area contributed by atoms with E-state index in [2.05, 4.69) is 13.0 Å². The molecule has 0 aromatic heterocycles. The lowest BCUT2D eigenvalue weighted by molar-refractivity contribution is -0.143. The second-order valence-electron chi connectivity index (χ2n) is 5.89. The standard InChI is InChI=1S/C18H30O3/c1-2-3-4-9-15-21-18(20)14-8-6-5-7-11-16-12-10-13-17(16)19/h12H,2-11,13-15H2,1H3. The van der Waals surface area contributed by atoms with E-state index < -0.39 is 0 Å². The number of carbonyl (C=O) groups is 2. The second-order valence-corrected chi connectivity index (χ2v) is 5.89. The van der Waals surface area contributed by atoms with Crippen LogP contribution >= 0.6 is 0 Å². The molecule has 120 valence electrons. The molecular formula is C18H30O3. The van der Waals surface area contributed by atoms with Gasteiger partial charge in [-0.15, -0.1) is 0 Å². The molecule has 0 atom stereocenters. The molecule has 1 aliphatic rings. The molecule has 3 heteroatoms. The van der Waals surface area contributed by atoms with Crippen molar-refractivity contribution in [1.29, 1.82) is 0 Å². The van der Waals surface area contributed by atoms with Crippen molar-refractivity contribution in [2.45, 2.75) is 84.0 Å². The summed E-state index contributed by atoms with van der Waals surface area (Å²) in [5, 5.41) is 0. The van der Waals surface area contributed by atoms with Crippen LogP contribution in [-0.2, 0) is 14.3 Å². The predicted molar refractivity (Wildman–Crippen MR) is 85.1 cm³/mol. The van der Waals surface area contributed by atoms with Crippen molar-refractivity contribution in [1.82, 2.24) is 0 Å². The maximum absolute atomic E-state index is 11.5. The Kier molecular flexibility index (Phi) is 9.84. The molecule has 0 aliphatic heterocycles. The zero-order chi connectivity index (χ0) is 15.3. The fourth-order valence-corrected chi connectivity index (χ4v) is 2.62. The van der Waals surface area contributed by atoms with Crippen LogP contribution in [0.25, 0.3) is 0 Å². The van der Waals surface area contributed by atoms with Crippen LogP contribution in [0.5, 0.6) is 0 Å². The summed E-state index contributed by atoms with van der Waals surface area (Å²) in [5.41, 5.74) is 1.03. The smallest absolute Gasteiger partial charge is 0.305 e. The van der Waals surface area contributed by atoms with Gasteiger partial charge in [0.25, 0.3) is 0 Å². The number of carbonyl (C=O) groups excluding carboxylic acids is 2. The molecule has 0 aromatic carbocycles. The Morgan fingerprint density at radius 3 is 2.57 bits per heavy atom. The van der Waals surface area contributed by atoms with Gasteiger partial charge < -0.3 is 4.74 Å². The third kappa shape index (κ3) is 8.69. The Morgan fingerprint density at radius 1 is 1.10 bits per heavy atom. The number of allylic oxidation sites excluding steroid dienone is 2. The first-order valence-electron chi connectivity index (χ1n) is 8.62. The summed E-state index contributed by atoms with van der Waals surface area (Å²) in [6.07, 6.45) is 13.8. The highest BCUT2D eigenvalue weighted by atomic mass is 16.5. The van der Waals surface area contributed by atoms with E-state index in [9.17, 15) is 9.59 Å². The van der Waals surface area contributed by atoms with Crippen LogP contribution in [-0.4, -0.2) is 18.4 Å². The average molecular weight is 294 g/mol. The lowest BCUT2D eigenvalue weighted by atomic mass is 10.0. The third-order valence-corrected chi connectivity index (χ3v) is 3.96. The van der Waals surface area contributed by atoms with Gasteiger partial charge in [0.15, 0.2) is 5.78 Å². The van der Waals surface area contributed by atoms with Gasteiger partial charge in [-0.3, -0.25) is 9.59 Å². The van der Waals surface area contributed by atoms with E-state index in [0.29, 0.717) is 25.2 Å². The number of ketones is 1. The van der Waals surface area contributed by atoms with E-state index in [4.69, 9.17) is 4.74 Å². The Balaban J connectivity index is 1.87. The highest BCUT2D eigenvalue weighted by molar-refractivity contribution is 5.97. The molecule has 0 spiro atoms. The summed E-state index contributed by atoms with van der Waals surface area (Å²) in [6, 6.07) is 0. The van der Waals surface area contributed by atoms with Crippen molar-refractivity contribution in [2.75, 3.05) is 6.61 Å². The highest BCUT2D eigenvalue weighted by Crippen LogP contribution is 2.20. The number of esters is 1. The monoisotopic (exact) mass is 294 g/mol. The van der Waals surface area contributed by atoms with Gasteiger partial charge in [-0.25, -0.2) is 0 Å². The maximum Gasteiger partial charge on any atom is 0.305 e. The fraction of sp³-hybridized carbons (Fsp3) is 0.778. The topological polar surface area (TPSA) is 43.4 Å². The van der Waals surface area contributed by atoms with E-state index >= 15 is 0 Å². The summed E-state index contributed by atoms with van der Waals surface area (Å²) in [5.74, 6) is 0.279. The van der Waals surface area contributed by atoms with Gasteiger partial charge >= 0.3 is 5.97 Å². The normalized spacial score (nSPS) is 14.3. The molecule has 1 rings (SSSR count). The van der Waals surface area contributed by atoms with Crippen molar-refractivity contribution in [3.63, 3.8) is 0 Å². The molecule has 0 heterocycles. The molecule has 1 aliphatic carbocycles. The Morgan fingerprint density at radius 2 is 1.86 bits per heavy atom. The van der Waals surface area contributed by atoms with Crippen LogP contribution in [0, 0.1) is 0 Å². The summed E-state index contributed by atoms with van der Waals surface area (Å²) in [6.45, 7) is 2.75. The van der Waals surface area contributed by atoms with Crippen LogP contribution in [0.2, 0.25) is 0 Å². The molecule has 0 saturated heterocycles. The van der Waals surface area contributed by atoms with Gasteiger partial charge in [0, 0.05) is 12.8 Å². The predicted octanol–water partition coefficient (Wildman–Crippen LogP) is 4.74. The van der Waals surface area contributed by atoms with Crippen LogP contribution < -0.4 is 0 Å². The van der Waals surface area contributed by atoms with Gasteiger partial charge in [0.1, 0.15) is 0 Å². The van der Waals surface area contributed by atoms with Gasteiger partial charge in [0.05, 0.1) is 6.61 Å². The Hall–Kier alpha value is -1.12. The largest absolute Gasteiger partial charge is 0.466 e. The quantitative estimate of drug-likeness (QED) is 0.386. The molecule has 0 saturated carbocycles. The lowest BCUT2D eigenvalue weighted by Crippen LogP contribution is -2.05. The molecule has 0 amide bonds. The second kappa shape index (κ2) is 11.5. The summed E-state index contributed by atoms with van der Waals surface area (Å²) >= 11 is 0. The van der Waals surface area contributed by atoms with Crippen LogP contribution in [0.4, 0.5) is 0 Å². The summed E-state index contributed by atoms with van der Waals surface area (Å²) in [7, 11) is 0. The van der Waals surface area contributed by atoms with E-state index in [-0.39, 0.29) is 5.97 Å². The summed E-state index contributed by atoms with van der Waals surface area (Å²) in [4.78, 5) is 22.9. The number of hydrogen-bond donors (Lipinski definition) is 0. The minimum absolute atomic E-state index is 0.0554. The van der Waals surface area contributed by atoms with Gasteiger partial charge in [-0.05, 0) is 37.7 Å². The van der Waals surface area contributed by atoms with Crippen LogP contribution in [0.15, 0.2) is 11.6 Å². The summed E-state index contributed by atoms with van der Waals surface area (Å²) < 4.78 is 5.20. The molecule has 0 fully saturated rings. The number of Topliss-reactive ketones (excluding diaryl/α,β-unsaturated/α-hetero) is 1. The van der Waals surface area contributed by atoms with E-state index in [0.717, 1.165) is 56.9 Å². The zero-order valence-electron chi connectivity index (χ0n) is 13.5. The number of hydrogen-bond acceptors (Lipinski definition) is 3. The molecule has 0 bridgehead atoms. The van der Waals surface area contributed by atoms with E-state index in [1.807, 2.05) is 0 Å². The molecule has 0 radical (unpaired) electrons. The average Bonchev–Trinajstić information content (AvgIpc) is 2.88. The third-order valence-electron chi connectivity index (χ3n) is 3.96. The van der Waals surface area contributed by atoms with Crippen molar-refractivity contribution < 1.29 is 14.3 Å². The number of unbranched alkanes of at least 4 members (excludes halogenated alkanes) is 6. The van der Waals surface area contributed by atoms with Gasteiger partial charge in [-0.1, -0.05) is 45.1 Å². The Labute approximate surface area is 129 Å². The molecule has 0 N–H and O–H groups in total. The van der Waals surface area contributed by atoms with E-state index in [1.54, 1.807) is 0 Å². The van der Waals surface area contributed by atoms with Crippen molar-refractivity contribution in [2.24, 2.45) is 0 Å². The fourth-order valence-electron chi connectivity index (χ4n) is 2.62.